The van der Waals surface area contributed by atoms with Gasteiger partial charge in [0.1, 0.15) is 5.82 Å². The standard InChI is InChI=1S/C11H14FNS/c1-8-6-11(8,7-13)14-10-4-2-3-9(12)5-10/h2-5,8H,6-7,13H2,1H3. The van der Waals surface area contributed by atoms with Crippen LogP contribution < -0.4 is 5.73 Å². The van der Waals surface area contributed by atoms with E-state index in [2.05, 4.69) is 6.92 Å². The monoisotopic (exact) mass is 211 g/mol. The summed E-state index contributed by atoms with van der Waals surface area (Å²) in [5.41, 5.74) is 5.73. The van der Waals surface area contributed by atoms with Gasteiger partial charge in [-0.1, -0.05) is 13.0 Å². The summed E-state index contributed by atoms with van der Waals surface area (Å²) in [6, 6.07) is 6.73. The molecule has 0 amide bonds. The molecule has 1 aliphatic carbocycles. The Morgan fingerprint density at radius 2 is 2.36 bits per heavy atom. The molecule has 0 radical (unpaired) electrons. The lowest BCUT2D eigenvalue weighted by Gasteiger charge is -2.13. The van der Waals surface area contributed by atoms with Gasteiger partial charge >= 0.3 is 0 Å². The van der Waals surface area contributed by atoms with Gasteiger partial charge in [-0.2, -0.15) is 0 Å². The topological polar surface area (TPSA) is 26.0 Å². The van der Waals surface area contributed by atoms with Crippen LogP contribution in [0.4, 0.5) is 4.39 Å². The molecular formula is C11H14FNS. The molecular weight excluding hydrogens is 197 g/mol. The van der Waals surface area contributed by atoms with E-state index in [0.717, 1.165) is 11.3 Å². The first kappa shape index (κ1) is 9.99. The van der Waals surface area contributed by atoms with Gasteiger partial charge in [-0.15, -0.1) is 11.8 Å². The van der Waals surface area contributed by atoms with E-state index in [-0.39, 0.29) is 10.6 Å². The van der Waals surface area contributed by atoms with Crippen molar-refractivity contribution in [3.63, 3.8) is 0 Å². The summed E-state index contributed by atoms with van der Waals surface area (Å²) in [4.78, 5) is 0.986. The fourth-order valence-corrected chi connectivity index (χ4v) is 3.10. The van der Waals surface area contributed by atoms with Crippen molar-refractivity contribution >= 4 is 11.8 Å². The normalized spacial score (nSPS) is 30.4. The third-order valence-electron chi connectivity index (χ3n) is 2.85. The van der Waals surface area contributed by atoms with Gasteiger partial charge in [0.15, 0.2) is 0 Å². The van der Waals surface area contributed by atoms with E-state index < -0.39 is 0 Å². The maximum Gasteiger partial charge on any atom is 0.124 e. The predicted octanol–water partition coefficient (Wildman–Crippen LogP) is 2.66. The average molecular weight is 211 g/mol. The molecule has 0 aliphatic heterocycles. The van der Waals surface area contributed by atoms with Crippen LogP contribution in [0.5, 0.6) is 0 Å². The summed E-state index contributed by atoms with van der Waals surface area (Å²) < 4.78 is 13.1. The summed E-state index contributed by atoms with van der Waals surface area (Å²) in [7, 11) is 0. The highest BCUT2D eigenvalue weighted by Crippen LogP contribution is 2.55. The van der Waals surface area contributed by atoms with E-state index in [1.54, 1.807) is 23.9 Å². The molecule has 0 bridgehead atoms. The third kappa shape index (κ3) is 1.79. The summed E-state index contributed by atoms with van der Waals surface area (Å²) in [6.45, 7) is 2.87. The lowest BCUT2D eigenvalue weighted by atomic mass is 10.3. The highest BCUT2D eigenvalue weighted by Gasteiger charge is 2.50. The predicted molar refractivity (Wildman–Crippen MR) is 57.8 cm³/mol. The zero-order chi connectivity index (χ0) is 10.2. The Kier molecular flexibility index (Phi) is 2.54. The van der Waals surface area contributed by atoms with Crippen molar-refractivity contribution < 1.29 is 4.39 Å². The molecule has 0 saturated heterocycles. The number of thioether (sulfide) groups is 1. The molecule has 1 nitrogen and oxygen atoms in total. The van der Waals surface area contributed by atoms with Crippen LogP contribution in [-0.4, -0.2) is 11.3 Å². The van der Waals surface area contributed by atoms with Crippen LogP contribution >= 0.6 is 11.8 Å². The lowest BCUT2D eigenvalue weighted by Crippen LogP contribution is -2.20. The Hall–Kier alpha value is -0.540. The van der Waals surface area contributed by atoms with Crippen molar-refractivity contribution in [2.24, 2.45) is 11.7 Å². The van der Waals surface area contributed by atoms with E-state index in [4.69, 9.17) is 5.73 Å². The smallest absolute Gasteiger partial charge is 0.124 e. The van der Waals surface area contributed by atoms with Crippen molar-refractivity contribution in [2.45, 2.75) is 23.0 Å². The number of benzene rings is 1. The number of nitrogens with two attached hydrogens (primary N) is 1. The van der Waals surface area contributed by atoms with Crippen molar-refractivity contribution in [1.29, 1.82) is 0 Å². The second kappa shape index (κ2) is 3.55. The molecule has 1 aromatic carbocycles. The molecule has 2 N–H and O–H groups in total. The molecule has 1 fully saturated rings. The fraction of sp³-hybridized carbons (Fsp3) is 0.455. The second-order valence-electron chi connectivity index (χ2n) is 3.93. The Morgan fingerprint density at radius 1 is 1.64 bits per heavy atom. The quantitative estimate of drug-likeness (QED) is 0.831. The number of hydrogen-bond donors (Lipinski definition) is 1. The largest absolute Gasteiger partial charge is 0.329 e. The maximum atomic E-state index is 12.9. The summed E-state index contributed by atoms with van der Waals surface area (Å²) in [5, 5.41) is 0. The van der Waals surface area contributed by atoms with Crippen LogP contribution in [0.3, 0.4) is 0 Å². The van der Waals surface area contributed by atoms with Gasteiger partial charge in [-0.05, 0) is 30.5 Å². The molecule has 2 unspecified atom stereocenters. The molecule has 3 heteroatoms. The van der Waals surface area contributed by atoms with Crippen LogP contribution in [0.25, 0.3) is 0 Å². The van der Waals surface area contributed by atoms with Gasteiger partial charge in [0.25, 0.3) is 0 Å². The van der Waals surface area contributed by atoms with Crippen molar-refractivity contribution in [3.05, 3.63) is 30.1 Å². The summed E-state index contributed by atoms with van der Waals surface area (Å²) >= 11 is 1.71. The first-order chi connectivity index (χ1) is 6.66. The molecule has 2 rings (SSSR count). The zero-order valence-corrected chi connectivity index (χ0v) is 8.98. The Labute approximate surface area is 87.9 Å². The molecule has 1 saturated carbocycles. The number of halogens is 1. The zero-order valence-electron chi connectivity index (χ0n) is 8.16. The van der Waals surface area contributed by atoms with Gasteiger partial charge in [0, 0.05) is 16.2 Å². The van der Waals surface area contributed by atoms with Gasteiger partial charge < -0.3 is 5.73 Å². The highest BCUT2D eigenvalue weighted by atomic mass is 32.2. The molecule has 0 aromatic heterocycles. The third-order valence-corrected chi connectivity index (χ3v) is 4.48. The van der Waals surface area contributed by atoms with Crippen molar-refractivity contribution in [3.8, 4) is 0 Å². The average Bonchev–Trinajstić information content (AvgIpc) is 2.77. The SMILES string of the molecule is CC1CC1(CN)Sc1cccc(F)c1. The van der Waals surface area contributed by atoms with E-state index in [1.807, 2.05) is 6.07 Å². The fourth-order valence-electron chi connectivity index (χ4n) is 1.69. The molecule has 76 valence electrons. The molecule has 2 atom stereocenters. The van der Waals surface area contributed by atoms with E-state index >= 15 is 0 Å². The minimum absolute atomic E-state index is 0.171. The number of rotatable bonds is 3. The van der Waals surface area contributed by atoms with E-state index in [1.165, 1.54) is 6.07 Å². The van der Waals surface area contributed by atoms with Crippen LogP contribution in [-0.2, 0) is 0 Å². The highest BCUT2D eigenvalue weighted by molar-refractivity contribution is 8.01. The second-order valence-corrected chi connectivity index (χ2v) is 5.42. The van der Waals surface area contributed by atoms with E-state index in [9.17, 15) is 4.39 Å². The summed E-state index contributed by atoms with van der Waals surface area (Å²) in [6.07, 6.45) is 1.14. The van der Waals surface area contributed by atoms with Gasteiger partial charge in [0.05, 0.1) is 0 Å². The van der Waals surface area contributed by atoms with Crippen molar-refractivity contribution in [2.75, 3.05) is 6.54 Å². The van der Waals surface area contributed by atoms with Crippen LogP contribution in [0.15, 0.2) is 29.2 Å². The Morgan fingerprint density at radius 3 is 2.86 bits per heavy atom. The van der Waals surface area contributed by atoms with E-state index in [0.29, 0.717) is 12.5 Å². The van der Waals surface area contributed by atoms with Crippen LogP contribution in [0, 0.1) is 11.7 Å². The lowest BCUT2D eigenvalue weighted by molar-refractivity contribution is 0.624. The molecule has 1 aliphatic rings. The van der Waals surface area contributed by atoms with Gasteiger partial charge in [-0.25, -0.2) is 4.39 Å². The van der Waals surface area contributed by atoms with Gasteiger partial charge in [-0.3, -0.25) is 0 Å². The molecule has 1 aromatic rings. The maximum absolute atomic E-state index is 12.9. The first-order valence-corrected chi connectivity index (χ1v) is 5.62. The minimum Gasteiger partial charge on any atom is -0.329 e. The number of hydrogen-bond acceptors (Lipinski definition) is 2. The Balaban J connectivity index is 2.11. The summed E-state index contributed by atoms with van der Waals surface area (Å²) in [5.74, 6) is 0.483. The Bertz CT molecular complexity index is 338. The van der Waals surface area contributed by atoms with Crippen molar-refractivity contribution in [1.82, 2.24) is 0 Å². The first-order valence-electron chi connectivity index (χ1n) is 4.81. The van der Waals surface area contributed by atoms with Crippen LogP contribution in [0.1, 0.15) is 13.3 Å². The molecule has 14 heavy (non-hydrogen) atoms. The molecule has 0 heterocycles. The molecule has 0 spiro atoms. The van der Waals surface area contributed by atoms with Crippen LogP contribution in [0.2, 0.25) is 0 Å². The van der Waals surface area contributed by atoms with Gasteiger partial charge in [0.2, 0.25) is 0 Å². The minimum atomic E-state index is -0.171.